The van der Waals surface area contributed by atoms with Crippen molar-refractivity contribution in [3.8, 4) is 0 Å². The van der Waals surface area contributed by atoms with E-state index in [9.17, 15) is 0 Å². The molecule has 0 bridgehead atoms. The second kappa shape index (κ2) is 4.31. The molecular weight excluding hydrogens is 254 g/mol. The van der Waals surface area contributed by atoms with Gasteiger partial charge in [0.2, 0.25) is 0 Å². The predicted octanol–water partition coefficient (Wildman–Crippen LogP) is 3.57. The van der Waals surface area contributed by atoms with Crippen LogP contribution in [-0.2, 0) is 0 Å². The van der Waals surface area contributed by atoms with Crippen LogP contribution in [0.15, 0.2) is 30.5 Å². The van der Waals surface area contributed by atoms with Gasteiger partial charge in [0.25, 0.3) is 0 Å². The molecule has 0 saturated heterocycles. The number of pyridine rings is 1. The van der Waals surface area contributed by atoms with Crippen LogP contribution in [-0.4, -0.2) is 17.0 Å². The van der Waals surface area contributed by atoms with Gasteiger partial charge in [-0.3, -0.25) is 0 Å². The van der Waals surface area contributed by atoms with Crippen molar-refractivity contribution in [1.29, 1.82) is 0 Å². The van der Waals surface area contributed by atoms with Gasteiger partial charge in [-0.25, -0.2) is 4.98 Å². The molecule has 2 heterocycles. The van der Waals surface area contributed by atoms with E-state index >= 15 is 0 Å². The van der Waals surface area contributed by atoms with Crippen LogP contribution in [0.2, 0.25) is 0 Å². The summed E-state index contributed by atoms with van der Waals surface area (Å²) in [5.41, 5.74) is 5.61. The third kappa shape index (κ3) is 1.88. The molecule has 0 unspecified atom stereocenters. The lowest BCUT2D eigenvalue weighted by Crippen LogP contribution is -2.24. The number of anilines is 3. The molecule has 19 heavy (non-hydrogen) atoms. The molecule has 96 valence electrons. The van der Waals surface area contributed by atoms with E-state index in [1.54, 1.807) is 6.20 Å². The van der Waals surface area contributed by atoms with E-state index in [-0.39, 0.29) is 0 Å². The Morgan fingerprint density at radius 2 is 1.95 bits per heavy atom. The van der Waals surface area contributed by atoms with Gasteiger partial charge in [0.15, 0.2) is 0 Å². The topological polar surface area (TPSA) is 28.2 Å². The molecular formula is C15H15N3S. The number of benzene rings is 1. The van der Waals surface area contributed by atoms with Crippen LogP contribution in [0.3, 0.4) is 0 Å². The van der Waals surface area contributed by atoms with Gasteiger partial charge in [0, 0.05) is 13.2 Å². The van der Waals surface area contributed by atoms with Crippen LogP contribution < -0.4 is 10.2 Å². The molecule has 2 aromatic rings. The molecule has 3 rings (SSSR count). The zero-order valence-corrected chi connectivity index (χ0v) is 12.0. The molecule has 0 spiro atoms. The number of nitrogens with one attached hydrogen (secondary N) is 1. The van der Waals surface area contributed by atoms with Crippen molar-refractivity contribution in [3.63, 3.8) is 0 Å². The zero-order valence-electron chi connectivity index (χ0n) is 11.2. The van der Waals surface area contributed by atoms with Gasteiger partial charge in [0.1, 0.15) is 10.8 Å². The summed E-state index contributed by atoms with van der Waals surface area (Å²) in [6.07, 6.45) is 1.78. The first-order valence-corrected chi connectivity index (χ1v) is 6.60. The van der Waals surface area contributed by atoms with Gasteiger partial charge in [0.05, 0.1) is 16.9 Å². The second-order valence-electron chi connectivity index (χ2n) is 4.84. The lowest BCUT2D eigenvalue weighted by molar-refractivity contribution is 1.26. The number of aromatic nitrogens is 1. The molecule has 3 nitrogen and oxygen atoms in total. The molecule has 0 amide bonds. The fourth-order valence-electron chi connectivity index (χ4n) is 2.27. The number of thiocarbonyl (C=S) groups is 1. The summed E-state index contributed by atoms with van der Waals surface area (Å²) >= 11 is 5.57. The van der Waals surface area contributed by atoms with Gasteiger partial charge in [-0.1, -0.05) is 12.2 Å². The maximum atomic E-state index is 5.57. The van der Waals surface area contributed by atoms with Gasteiger partial charge in [-0.15, -0.1) is 0 Å². The standard InChI is InChI=1S/C15H15N3S/c1-9-7-12-13(8-10(9)2)18(3)15(19)11-5-4-6-16-14(11)17-12/h4-8H,1-3H3,(H,16,17). The minimum Gasteiger partial charge on any atom is -0.338 e. The van der Waals surface area contributed by atoms with Crippen molar-refractivity contribution >= 4 is 34.4 Å². The first-order valence-electron chi connectivity index (χ1n) is 6.19. The van der Waals surface area contributed by atoms with E-state index in [4.69, 9.17) is 12.2 Å². The Bertz CT molecular complexity index is 679. The Labute approximate surface area is 118 Å². The molecule has 1 aromatic heterocycles. The third-order valence-corrected chi connectivity index (χ3v) is 4.06. The Kier molecular flexibility index (Phi) is 2.75. The molecule has 0 radical (unpaired) electrons. The molecule has 0 aliphatic carbocycles. The van der Waals surface area contributed by atoms with Crippen molar-refractivity contribution in [2.75, 3.05) is 17.3 Å². The SMILES string of the molecule is Cc1cc2c(cc1C)N(C)C(=S)c1cccnc1N2. The molecule has 4 heteroatoms. The van der Waals surface area contributed by atoms with Crippen molar-refractivity contribution in [2.24, 2.45) is 0 Å². The van der Waals surface area contributed by atoms with Crippen LogP contribution in [0.1, 0.15) is 16.7 Å². The number of fused-ring (bicyclic) bond motifs is 2. The average molecular weight is 269 g/mol. The fraction of sp³-hybridized carbons (Fsp3) is 0.200. The van der Waals surface area contributed by atoms with Crippen LogP contribution in [0.5, 0.6) is 0 Å². The minimum atomic E-state index is 0.789. The van der Waals surface area contributed by atoms with Gasteiger partial charge in [-0.05, 0) is 49.2 Å². The quantitative estimate of drug-likeness (QED) is 0.740. The van der Waals surface area contributed by atoms with E-state index in [0.717, 1.165) is 27.7 Å². The summed E-state index contributed by atoms with van der Waals surface area (Å²) < 4.78 is 0. The zero-order chi connectivity index (χ0) is 13.6. The highest BCUT2D eigenvalue weighted by atomic mass is 32.1. The largest absolute Gasteiger partial charge is 0.338 e. The minimum absolute atomic E-state index is 0.789. The van der Waals surface area contributed by atoms with Gasteiger partial charge >= 0.3 is 0 Å². The molecule has 1 N–H and O–H groups in total. The Morgan fingerprint density at radius 1 is 1.21 bits per heavy atom. The van der Waals surface area contributed by atoms with E-state index in [0.29, 0.717) is 0 Å². The van der Waals surface area contributed by atoms with Crippen molar-refractivity contribution in [1.82, 2.24) is 4.98 Å². The number of rotatable bonds is 0. The Balaban J connectivity index is 2.25. The first-order chi connectivity index (χ1) is 9.08. The number of nitrogens with zero attached hydrogens (tertiary/aromatic N) is 2. The van der Waals surface area contributed by atoms with Crippen LogP contribution in [0, 0.1) is 13.8 Å². The third-order valence-electron chi connectivity index (χ3n) is 3.57. The summed E-state index contributed by atoms with van der Waals surface area (Å²) in [7, 11) is 2.00. The van der Waals surface area contributed by atoms with E-state index in [2.05, 4.69) is 36.3 Å². The van der Waals surface area contributed by atoms with Crippen molar-refractivity contribution < 1.29 is 0 Å². The summed E-state index contributed by atoms with van der Waals surface area (Å²) in [6, 6.07) is 8.22. The molecule has 0 saturated carbocycles. The summed E-state index contributed by atoms with van der Waals surface area (Å²) in [4.78, 5) is 7.22. The molecule has 1 aliphatic heterocycles. The van der Waals surface area contributed by atoms with Crippen molar-refractivity contribution in [3.05, 3.63) is 47.2 Å². The predicted molar refractivity (Wildman–Crippen MR) is 83.5 cm³/mol. The van der Waals surface area contributed by atoms with E-state index in [1.165, 1.54) is 11.1 Å². The van der Waals surface area contributed by atoms with Crippen LogP contribution >= 0.6 is 12.2 Å². The second-order valence-corrected chi connectivity index (χ2v) is 5.23. The fourth-order valence-corrected chi connectivity index (χ4v) is 2.54. The number of hydrogen-bond donors (Lipinski definition) is 1. The summed E-state index contributed by atoms with van der Waals surface area (Å²) in [5, 5.41) is 3.39. The van der Waals surface area contributed by atoms with Crippen LogP contribution in [0.25, 0.3) is 0 Å². The number of hydrogen-bond acceptors (Lipinski definition) is 3. The lowest BCUT2D eigenvalue weighted by atomic mass is 10.1. The average Bonchev–Trinajstić information content (AvgIpc) is 2.50. The highest BCUT2D eigenvalue weighted by Crippen LogP contribution is 2.35. The highest BCUT2D eigenvalue weighted by Gasteiger charge is 2.22. The van der Waals surface area contributed by atoms with Gasteiger partial charge in [-0.2, -0.15) is 0 Å². The molecule has 1 aromatic carbocycles. The molecule has 1 aliphatic rings. The Morgan fingerprint density at radius 3 is 2.74 bits per heavy atom. The maximum absolute atomic E-state index is 5.57. The smallest absolute Gasteiger partial charge is 0.140 e. The first kappa shape index (κ1) is 12.1. The van der Waals surface area contributed by atoms with Crippen LogP contribution in [0.4, 0.5) is 17.2 Å². The van der Waals surface area contributed by atoms with E-state index < -0.39 is 0 Å². The summed E-state index contributed by atoms with van der Waals surface area (Å²) in [5.74, 6) is 0.821. The van der Waals surface area contributed by atoms with E-state index in [1.807, 2.05) is 24.1 Å². The van der Waals surface area contributed by atoms with Gasteiger partial charge < -0.3 is 10.2 Å². The maximum Gasteiger partial charge on any atom is 0.140 e. The Hall–Kier alpha value is -1.94. The number of aryl methyl sites for hydroxylation is 2. The normalized spacial score (nSPS) is 13.4. The monoisotopic (exact) mass is 269 g/mol. The summed E-state index contributed by atoms with van der Waals surface area (Å²) in [6.45, 7) is 4.22. The van der Waals surface area contributed by atoms with Crippen molar-refractivity contribution in [2.45, 2.75) is 13.8 Å². The highest BCUT2D eigenvalue weighted by molar-refractivity contribution is 7.81. The molecule has 0 fully saturated rings. The lowest BCUT2D eigenvalue weighted by Gasteiger charge is -2.20. The molecule has 0 atom stereocenters.